The Kier molecular flexibility index (Phi) is 6.36. The highest BCUT2D eigenvalue weighted by Crippen LogP contribution is 2.15. The first-order valence-corrected chi connectivity index (χ1v) is 7.80. The molecule has 1 amide bonds. The van der Waals surface area contributed by atoms with Crippen molar-refractivity contribution in [1.82, 2.24) is 5.43 Å². The van der Waals surface area contributed by atoms with Gasteiger partial charge in [-0.1, -0.05) is 48.0 Å². The highest BCUT2D eigenvalue weighted by Gasteiger charge is 2.01. The summed E-state index contributed by atoms with van der Waals surface area (Å²) in [4.78, 5) is 11.7. The van der Waals surface area contributed by atoms with Crippen LogP contribution < -0.4 is 10.7 Å². The standard InChI is InChI=1S/C19H23N3O/c1-15-10-11-18(16(2)13-15)20-14-19(23)22-21-12-6-9-17-7-4-3-5-8-17/h3-5,7-8,10-13,20H,6,9,14H2,1-2H3,(H,22,23)/b21-12+. The number of anilines is 1. The first-order valence-electron chi connectivity index (χ1n) is 7.80. The predicted octanol–water partition coefficient (Wildman–Crippen LogP) is 3.45. The SMILES string of the molecule is Cc1ccc(NCC(=O)N/N=C/CCc2ccccc2)c(C)c1. The Balaban J connectivity index is 1.67. The molecule has 23 heavy (non-hydrogen) atoms. The van der Waals surface area contributed by atoms with Gasteiger partial charge in [0.15, 0.2) is 0 Å². The average molecular weight is 309 g/mol. The van der Waals surface area contributed by atoms with Gasteiger partial charge in [-0.15, -0.1) is 0 Å². The molecule has 0 aliphatic rings. The van der Waals surface area contributed by atoms with E-state index in [1.807, 2.05) is 44.2 Å². The highest BCUT2D eigenvalue weighted by molar-refractivity contribution is 5.81. The van der Waals surface area contributed by atoms with Gasteiger partial charge in [-0.25, -0.2) is 5.43 Å². The van der Waals surface area contributed by atoms with E-state index in [-0.39, 0.29) is 12.5 Å². The van der Waals surface area contributed by atoms with E-state index >= 15 is 0 Å². The van der Waals surface area contributed by atoms with E-state index in [2.05, 4.69) is 34.0 Å². The van der Waals surface area contributed by atoms with Gasteiger partial charge in [-0.05, 0) is 43.9 Å². The summed E-state index contributed by atoms with van der Waals surface area (Å²) < 4.78 is 0. The summed E-state index contributed by atoms with van der Waals surface area (Å²) >= 11 is 0. The van der Waals surface area contributed by atoms with Crippen LogP contribution >= 0.6 is 0 Å². The van der Waals surface area contributed by atoms with Gasteiger partial charge in [0.1, 0.15) is 0 Å². The molecule has 0 unspecified atom stereocenters. The first-order chi connectivity index (χ1) is 11.1. The van der Waals surface area contributed by atoms with Gasteiger partial charge in [-0.2, -0.15) is 5.10 Å². The zero-order chi connectivity index (χ0) is 16.5. The lowest BCUT2D eigenvalue weighted by molar-refractivity contribution is -0.119. The Bertz CT molecular complexity index is 666. The Morgan fingerprint density at radius 1 is 1.13 bits per heavy atom. The lowest BCUT2D eigenvalue weighted by Gasteiger charge is -2.09. The van der Waals surface area contributed by atoms with Crippen molar-refractivity contribution >= 4 is 17.8 Å². The normalized spacial score (nSPS) is 10.7. The van der Waals surface area contributed by atoms with Crippen LogP contribution in [0.1, 0.15) is 23.1 Å². The number of benzene rings is 2. The van der Waals surface area contributed by atoms with Crippen LogP contribution in [0.2, 0.25) is 0 Å². The largest absolute Gasteiger partial charge is 0.376 e. The molecule has 0 spiro atoms. The van der Waals surface area contributed by atoms with E-state index in [9.17, 15) is 4.79 Å². The quantitative estimate of drug-likeness (QED) is 0.608. The summed E-state index contributed by atoms with van der Waals surface area (Å²) in [6, 6.07) is 16.3. The fraction of sp³-hybridized carbons (Fsp3) is 0.263. The minimum Gasteiger partial charge on any atom is -0.376 e. The molecule has 0 aliphatic heterocycles. The van der Waals surface area contributed by atoms with Gasteiger partial charge in [-0.3, -0.25) is 4.79 Å². The molecule has 0 saturated carbocycles. The van der Waals surface area contributed by atoms with E-state index in [0.29, 0.717) is 0 Å². The molecule has 0 radical (unpaired) electrons. The van der Waals surface area contributed by atoms with Gasteiger partial charge in [0.25, 0.3) is 5.91 Å². The number of nitrogens with one attached hydrogen (secondary N) is 2. The summed E-state index contributed by atoms with van der Waals surface area (Å²) in [5.41, 5.74) is 7.11. The molecule has 0 fully saturated rings. The van der Waals surface area contributed by atoms with E-state index in [4.69, 9.17) is 0 Å². The van der Waals surface area contributed by atoms with Crippen molar-refractivity contribution in [2.24, 2.45) is 5.10 Å². The summed E-state index contributed by atoms with van der Waals surface area (Å²) in [6.07, 6.45) is 3.46. The number of aryl methyl sites for hydroxylation is 3. The first kappa shape index (κ1) is 16.7. The van der Waals surface area contributed by atoms with Crippen molar-refractivity contribution in [3.63, 3.8) is 0 Å². The van der Waals surface area contributed by atoms with Crippen molar-refractivity contribution in [2.45, 2.75) is 26.7 Å². The number of amides is 1. The van der Waals surface area contributed by atoms with Crippen molar-refractivity contribution in [2.75, 3.05) is 11.9 Å². The monoisotopic (exact) mass is 309 g/mol. The third-order valence-electron chi connectivity index (χ3n) is 3.51. The summed E-state index contributed by atoms with van der Waals surface area (Å²) in [5.74, 6) is -0.152. The third-order valence-corrected chi connectivity index (χ3v) is 3.51. The smallest absolute Gasteiger partial charge is 0.259 e. The second kappa shape index (κ2) is 8.73. The number of carbonyl (C=O) groups excluding carboxylic acids is 1. The van der Waals surface area contributed by atoms with E-state index in [1.54, 1.807) is 6.21 Å². The van der Waals surface area contributed by atoms with Crippen LogP contribution in [0.4, 0.5) is 5.69 Å². The van der Waals surface area contributed by atoms with Crippen molar-refractivity contribution in [3.8, 4) is 0 Å². The Morgan fingerprint density at radius 2 is 1.91 bits per heavy atom. The summed E-state index contributed by atoms with van der Waals surface area (Å²) in [6.45, 7) is 4.28. The molecule has 4 heteroatoms. The van der Waals surface area contributed by atoms with Crippen molar-refractivity contribution < 1.29 is 4.79 Å². The number of hydrogen-bond donors (Lipinski definition) is 2. The molecule has 120 valence electrons. The van der Waals surface area contributed by atoms with Gasteiger partial charge in [0.05, 0.1) is 6.54 Å². The van der Waals surface area contributed by atoms with Crippen molar-refractivity contribution in [1.29, 1.82) is 0 Å². The molecule has 2 N–H and O–H groups in total. The van der Waals surface area contributed by atoms with Crippen LogP contribution in [0.25, 0.3) is 0 Å². The molecule has 2 aromatic carbocycles. The lowest BCUT2D eigenvalue weighted by atomic mass is 10.1. The van der Waals surface area contributed by atoms with Crippen LogP contribution in [-0.2, 0) is 11.2 Å². The molecule has 0 bridgehead atoms. The Labute approximate surface area is 137 Å². The molecular formula is C19H23N3O. The second-order valence-corrected chi connectivity index (χ2v) is 5.54. The van der Waals surface area contributed by atoms with E-state index in [0.717, 1.165) is 24.1 Å². The lowest BCUT2D eigenvalue weighted by Crippen LogP contribution is -2.26. The van der Waals surface area contributed by atoms with Crippen LogP contribution in [0.5, 0.6) is 0 Å². The number of carbonyl (C=O) groups is 1. The third kappa shape index (κ3) is 5.94. The summed E-state index contributed by atoms with van der Waals surface area (Å²) in [7, 11) is 0. The fourth-order valence-electron chi connectivity index (χ4n) is 2.29. The van der Waals surface area contributed by atoms with Gasteiger partial charge >= 0.3 is 0 Å². The fourth-order valence-corrected chi connectivity index (χ4v) is 2.29. The maximum Gasteiger partial charge on any atom is 0.259 e. The van der Waals surface area contributed by atoms with Crippen LogP contribution in [0.3, 0.4) is 0 Å². The Morgan fingerprint density at radius 3 is 2.65 bits per heavy atom. The van der Waals surface area contributed by atoms with Crippen LogP contribution in [0.15, 0.2) is 53.6 Å². The maximum absolute atomic E-state index is 11.7. The summed E-state index contributed by atoms with van der Waals surface area (Å²) in [5, 5.41) is 7.09. The maximum atomic E-state index is 11.7. The van der Waals surface area contributed by atoms with Gasteiger partial charge in [0.2, 0.25) is 0 Å². The number of nitrogens with zero attached hydrogens (tertiary/aromatic N) is 1. The molecule has 2 aromatic rings. The number of hydrazone groups is 1. The highest BCUT2D eigenvalue weighted by atomic mass is 16.2. The number of rotatable bonds is 7. The molecule has 2 rings (SSSR count). The average Bonchev–Trinajstić information content (AvgIpc) is 2.54. The van der Waals surface area contributed by atoms with E-state index in [1.165, 1.54) is 11.1 Å². The predicted molar refractivity (Wildman–Crippen MR) is 95.8 cm³/mol. The molecule has 0 saturated heterocycles. The Hall–Kier alpha value is -2.62. The molecule has 0 aliphatic carbocycles. The van der Waals surface area contributed by atoms with Crippen molar-refractivity contribution in [3.05, 3.63) is 65.2 Å². The number of hydrogen-bond acceptors (Lipinski definition) is 3. The van der Waals surface area contributed by atoms with Crippen LogP contribution in [0, 0.1) is 13.8 Å². The zero-order valence-electron chi connectivity index (χ0n) is 13.7. The minimum absolute atomic E-state index is 0.152. The van der Waals surface area contributed by atoms with Gasteiger partial charge < -0.3 is 5.32 Å². The minimum atomic E-state index is -0.152. The second-order valence-electron chi connectivity index (χ2n) is 5.54. The topological polar surface area (TPSA) is 53.5 Å². The van der Waals surface area contributed by atoms with Crippen LogP contribution in [-0.4, -0.2) is 18.7 Å². The molecule has 0 heterocycles. The van der Waals surface area contributed by atoms with E-state index < -0.39 is 0 Å². The van der Waals surface area contributed by atoms with Gasteiger partial charge in [0, 0.05) is 11.9 Å². The molecular weight excluding hydrogens is 286 g/mol. The zero-order valence-corrected chi connectivity index (χ0v) is 13.7. The molecule has 4 nitrogen and oxygen atoms in total. The molecule has 0 atom stereocenters. The molecule has 0 aromatic heterocycles.